The molecule has 2 heterocycles. The first-order valence-corrected chi connectivity index (χ1v) is 11.8. The first-order chi connectivity index (χ1) is 16.7. The summed E-state index contributed by atoms with van der Waals surface area (Å²) in [4.78, 5) is 17.1. The zero-order chi connectivity index (χ0) is 23.8. The van der Waals surface area contributed by atoms with Crippen LogP contribution in [0.2, 0.25) is 0 Å². The summed E-state index contributed by atoms with van der Waals surface area (Å²) in [5.41, 5.74) is 4.12. The fourth-order valence-electron chi connectivity index (χ4n) is 3.74. The Bertz CT molecular complexity index is 1200. The van der Waals surface area contributed by atoms with Gasteiger partial charge in [0.15, 0.2) is 0 Å². The fourth-order valence-corrected chi connectivity index (χ4v) is 3.74. The van der Waals surface area contributed by atoms with E-state index in [9.17, 15) is 4.79 Å². The van der Waals surface area contributed by atoms with E-state index in [-0.39, 0.29) is 11.7 Å². The van der Waals surface area contributed by atoms with Crippen LogP contribution in [0.15, 0.2) is 48.5 Å². The lowest BCUT2D eigenvalue weighted by atomic mass is 9.98. The van der Waals surface area contributed by atoms with Gasteiger partial charge in [0, 0.05) is 25.1 Å². The average Bonchev–Trinajstić information content (AvgIpc) is 3.54. The number of nitrogens with one attached hydrogen (secondary N) is 2. The van der Waals surface area contributed by atoms with Crippen LogP contribution in [-0.2, 0) is 13.0 Å². The minimum Gasteiger partial charge on any atom is -0.349 e. The maximum Gasteiger partial charge on any atom is 0.290 e. The summed E-state index contributed by atoms with van der Waals surface area (Å²) >= 11 is 0. The molecule has 0 fully saturated rings. The molecular formula is C25H30N8O. The molecule has 0 atom stereocenters. The number of hydrogen-bond acceptors (Lipinski definition) is 6. The highest BCUT2D eigenvalue weighted by molar-refractivity contribution is 5.90. The van der Waals surface area contributed by atoms with Crippen LogP contribution in [0.1, 0.15) is 61.5 Å². The second-order valence-electron chi connectivity index (χ2n) is 8.19. The van der Waals surface area contributed by atoms with Gasteiger partial charge >= 0.3 is 0 Å². The van der Waals surface area contributed by atoms with Gasteiger partial charge in [-0.15, -0.1) is 15.3 Å². The fraction of sp³-hybridized carbons (Fsp3) is 0.360. The number of rotatable bonds is 11. The molecule has 9 heteroatoms. The summed E-state index contributed by atoms with van der Waals surface area (Å²) in [6, 6.07) is 16.3. The molecule has 0 aliphatic rings. The van der Waals surface area contributed by atoms with Crippen LogP contribution in [0, 0.1) is 0 Å². The Hall–Kier alpha value is -3.88. The normalized spacial score (nSPS) is 11.0. The summed E-state index contributed by atoms with van der Waals surface area (Å²) in [5.74, 6) is 1.40. The van der Waals surface area contributed by atoms with Gasteiger partial charge in [0.1, 0.15) is 5.82 Å². The minimum atomic E-state index is -0.210. The quantitative estimate of drug-likeness (QED) is 0.328. The van der Waals surface area contributed by atoms with Gasteiger partial charge in [-0.3, -0.25) is 4.79 Å². The highest BCUT2D eigenvalue weighted by Gasteiger charge is 2.17. The van der Waals surface area contributed by atoms with Crippen LogP contribution in [0.4, 0.5) is 0 Å². The number of benzene rings is 2. The van der Waals surface area contributed by atoms with Crippen LogP contribution in [0.3, 0.4) is 0 Å². The number of hydrogen-bond donors (Lipinski definition) is 2. The van der Waals surface area contributed by atoms with Crippen molar-refractivity contribution >= 4 is 5.91 Å². The third kappa shape index (κ3) is 5.54. The Balaban J connectivity index is 1.54. The van der Waals surface area contributed by atoms with Crippen molar-refractivity contribution in [2.24, 2.45) is 0 Å². The van der Waals surface area contributed by atoms with Gasteiger partial charge in [-0.05, 0) is 34.7 Å². The predicted octanol–water partition coefficient (Wildman–Crippen LogP) is 4.05. The molecule has 0 saturated carbocycles. The van der Waals surface area contributed by atoms with Crippen LogP contribution < -0.4 is 5.32 Å². The van der Waals surface area contributed by atoms with E-state index < -0.39 is 0 Å². The number of tetrazole rings is 1. The zero-order valence-corrected chi connectivity index (χ0v) is 19.7. The van der Waals surface area contributed by atoms with Crippen molar-refractivity contribution in [1.29, 1.82) is 0 Å². The first-order valence-electron chi connectivity index (χ1n) is 11.8. The standard InChI is InChI=1S/C25H30N8O/c1-3-5-15-26-25(34)24-27-22(33(30-24)16-6-4-2)17-18-11-13-19(14-12-18)20-9-7-8-10-21(20)23-28-31-32-29-23/h7-14H,3-6,15-17H2,1-2H3,(H,26,34)(H,28,29,31,32). The summed E-state index contributed by atoms with van der Waals surface area (Å²) in [5, 5.41) is 21.8. The summed E-state index contributed by atoms with van der Waals surface area (Å²) in [6.07, 6.45) is 4.60. The molecule has 0 aliphatic carbocycles. The SMILES string of the molecule is CCCCNC(=O)c1nc(Cc2ccc(-c3ccccc3-c3nn[nH]n3)cc2)n(CCCC)n1. The Kier molecular flexibility index (Phi) is 7.75. The molecular weight excluding hydrogens is 428 g/mol. The van der Waals surface area contributed by atoms with Gasteiger partial charge in [-0.2, -0.15) is 5.21 Å². The molecule has 9 nitrogen and oxygen atoms in total. The molecule has 2 aromatic carbocycles. The van der Waals surface area contributed by atoms with Crippen LogP contribution in [0.25, 0.3) is 22.5 Å². The number of H-pyrrole nitrogens is 1. The molecule has 0 unspecified atom stereocenters. The molecule has 2 N–H and O–H groups in total. The number of amides is 1. The molecule has 0 bridgehead atoms. The molecule has 4 rings (SSSR count). The second kappa shape index (κ2) is 11.3. The largest absolute Gasteiger partial charge is 0.349 e. The highest BCUT2D eigenvalue weighted by Crippen LogP contribution is 2.30. The third-order valence-corrected chi connectivity index (χ3v) is 5.63. The van der Waals surface area contributed by atoms with Crippen LogP contribution in [0.5, 0.6) is 0 Å². The smallest absolute Gasteiger partial charge is 0.290 e. The molecule has 0 aliphatic heterocycles. The van der Waals surface area contributed by atoms with E-state index in [0.717, 1.165) is 60.3 Å². The van der Waals surface area contributed by atoms with Gasteiger partial charge in [0.25, 0.3) is 5.91 Å². The highest BCUT2D eigenvalue weighted by atomic mass is 16.2. The Labute approximate surface area is 199 Å². The zero-order valence-electron chi connectivity index (χ0n) is 19.7. The van der Waals surface area contributed by atoms with Crippen molar-refractivity contribution in [1.82, 2.24) is 40.7 Å². The van der Waals surface area contributed by atoms with Crippen molar-refractivity contribution < 1.29 is 4.79 Å². The Morgan fingerprint density at radius 1 is 1.00 bits per heavy atom. The van der Waals surface area contributed by atoms with Gasteiger partial charge in [0.2, 0.25) is 11.6 Å². The number of nitrogens with zero attached hydrogens (tertiary/aromatic N) is 6. The van der Waals surface area contributed by atoms with Crippen molar-refractivity contribution in [2.45, 2.75) is 52.5 Å². The van der Waals surface area contributed by atoms with Crippen molar-refractivity contribution in [3.05, 3.63) is 65.7 Å². The minimum absolute atomic E-state index is 0.210. The number of aromatic nitrogens is 7. The van der Waals surface area contributed by atoms with E-state index in [4.69, 9.17) is 0 Å². The Morgan fingerprint density at radius 3 is 2.47 bits per heavy atom. The van der Waals surface area contributed by atoms with Crippen LogP contribution >= 0.6 is 0 Å². The van der Waals surface area contributed by atoms with Gasteiger partial charge in [-0.25, -0.2) is 9.67 Å². The monoisotopic (exact) mass is 458 g/mol. The molecule has 0 spiro atoms. The molecule has 176 valence electrons. The molecule has 0 saturated heterocycles. The van der Waals surface area contributed by atoms with Gasteiger partial charge in [0.05, 0.1) is 0 Å². The maximum atomic E-state index is 12.5. The van der Waals surface area contributed by atoms with E-state index in [1.807, 2.05) is 28.9 Å². The van der Waals surface area contributed by atoms with Gasteiger partial charge < -0.3 is 5.32 Å². The van der Waals surface area contributed by atoms with Crippen molar-refractivity contribution in [2.75, 3.05) is 6.54 Å². The number of aromatic amines is 1. The number of carbonyl (C=O) groups is 1. The summed E-state index contributed by atoms with van der Waals surface area (Å²) in [6.45, 7) is 5.62. The van der Waals surface area contributed by atoms with Crippen LogP contribution in [-0.4, -0.2) is 47.8 Å². The van der Waals surface area contributed by atoms with E-state index in [2.05, 4.69) is 74.1 Å². The second-order valence-corrected chi connectivity index (χ2v) is 8.19. The molecule has 2 aromatic heterocycles. The number of carbonyl (C=O) groups excluding carboxylic acids is 1. The maximum absolute atomic E-state index is 12.5. The first kappa shape index (κ1) is 23.3. The van der Waals surface area contributed by atoms with Crippen molar-refractivity contribution in [3.8, 4) is 22.5 Å². The Morgan fingerprint density at radius 2 is 1.76 bits per heavy atom. The molecule has 0 radical (unpaired) electrons. The van der Waals surface area contributed by atoms with E-state index in [0.29, 0.717) is 18.8 Å². The van der Waals surface area contributed by atoms with E-state index in [1.165, 1.54) is 0 Å². The lowest BCUT2D eigenvalue weighted by molar-refractivity contribution is 0.0942. The molecule has 1 amide bonds. The van der Waals surface area contributed by atoms with E-state index >= 15 is 0 Å². The molecule has 34 heavy (non-hydrogen) atoms. The van der Waals surface area contributed by atoms with E-state index in [1.54, 1.807) is 0 Å². The number of aryl methyl sites for hydroxylation is 1. The topological polar surface area (TPSA) is 114 Å². The van der Waals surface area contributed by atoms with Gasteiger partial charge in [-0.1, -0.05) is 75.2 Å². The van der Waals surface area contributed by atoms with Crippen molar-refractivity contribution in [3.63, 3.8) is 0 Å². The number of unbranched alkanes of at least 4 members (excludes halogenated alkanes) is 2. The molecule has 4 aromatic rings. The third-order valence-electron chi connectivity index (χ3n) is 5.63. The summed E-state index contributed by atoms with van der Waals surface area (Å²) < 4.78 is 1.87. The predicted molar refractivity (Wildman–Crippen MR) is 130 cm³/mol. The average molecular weight is 459 g/mol. The summed E-state index contributed by atoms with van der Waals surface area (Å²) in [7, 11) is 0. The lowest BCUT2D eigenvalue weighted by Crippen LogP contribution is -2.25. The lowest BCUT2D eigenvalue weighted by Gasteiger charge is -2.09.